The van der Waals surface area contributed by atoms with Crippen LogP contribution in [0.25, 0.3) is 11.3 Å². The molecular formula is C15H18N2S. The molecule has 1 aromatic carbocycles. The molecule has 0 radical (unpaired) electrons. The minimum absolute atomic E-state index is 0.691. The molecule has 18 heavy (non-hydrogen) atoms. The van der Waals surface area contributed by atoms with Crippen LogP contribution in [-0.4, -0.2) is 16.2 Å². The summed E-state index contributed by atoms with van der Waals surface area (Å²) in [5.41, 5.74) is 3.57. The molecule has 0 unspecified atom stereocenters. The van der Waals surface area contributed by atoms with Gasteiger partial charge in [-0.05, 0) is 24.2 Å². The third kappa shape index (κ3) is 3.10. The molecule has 0 spiro atoms. The van der Waals surface area contributed by atoms with Gasteiger partial charge in [-0.15, -0.1) is 11.8 Å². The molecule has 2 rings (SSSR count). The molecule has 2 aromatic rings. The molecule has 1 aromatic heterocycles. The Balaban J connectivity index is 2.28. The van der Waals surface area contributed by atoms with Crippen molar-refractivity contribution >= 4 is 11.8 Å². The van der Waals surface area contributed by atoms with Gasteiger partial charge in [-0.1, -0.05) is 38.1 Å². The van der Waals surface area contributed by atoms with Crippen LogP contribution in [0.1, 0.15) is 19.4 Å². The van der Waals surface area contributed by atoms with Crippen LogP contribution in [0, 0.1) is 5.92 Å². The van der Waals surface area contributed by atoms with Gasteiger partial charge in [0.05, 0.1) is 10.6 Å². The Bertz CT molecular complexity index is 506. The summed E-state index contributed by atoms with van der Waals surface area (Å²) in [7, 11) is 0. The van der Waals surface area contributed by atoms with Crippen LogP contribution in [-0.2, 0) is 6.42 Å². The molecule has 0 atom stereocenters. The van der Waals surface area contributed by atoms with Gasteiger partial charge < -0.3 is 0 Å². The van der Waals surface area contributed by atoms with Crippen LogP contribution >= 0.6 is 11.8 Å². The predicted molar refractivity (Wildman–Crippen MR) is 77.8 cm³/mol. The molecular weight excluding hydrogens is 240 g/mol. The predicted octanol–water partition coefficient (Wildman–Crippen LogP) is 4.06. The second-order valence-corrected chi connectivity index (χ2v) is 5.58. The van der Waals surface area contributed by atoms with E-state index < -0.39 is 0 Å². The number of thioether (sulfide) groups is 1. The Morgan fingerprint density at radius 1 is 1.17 bits per heavy atom. The van der Waals surface area contributed by atoms with Gasteiger partial charge in [0.2, 0.25) is 0 Å². The second-order valence-electron chi connectivity index (χ2n) is 4.73. The maximum Gasteiger partial charge on any atom is 0.116 e. The molecule has 0 aliphatic heterocycles. The van der Waals surface area contributed by atoms with Crippen molar-refractivity contribution < 1.29 is 0 Å². The zero-order valence-corrected chi connectivity index (χ0v) is 11.9. The molecule has 0 saturated carbocycles. The van der Waals surface area contributed by atoms with Gasteiger partial charge in [0.15, 0.2) is 0 Å². The lowest BCUT2D eigenvalue weighted by atomic mass is 10.0. The van der Waals surface area contributed by atoms with Gasteiger partial charge in [-0.2, -0.15) is 0 Å². The Morgan fingerprint density at radius 3 is 2.50 bits per heavy atom. The van der Waals surface area contributed by atoms with Gasteiger partial charge in [0.25, 0.3) is 0 Å². The van der Waals surface area contributed by atoms with E-state index >= 15 is 0 Å². The quantitative estimate of drug-likeness (QED) is 0.773. The van der Waals surface area contributed by atoms with Crippen LogP contribution in [0.15, 0.2) is 41.7 Å². The summed E-state index contributed by atoms with van der Waals surface area (Å²) in [5.74, 6) is 0.691. The maximum absolute atomic E-state index is 4.38. The van der Waals surface area contributed by atoms with E-state index in [4.69, 9.17) is 0 Å². The van der Waals surface area contributed by atoms with Crippen molar-refractivity contribution in [1.82, 2.24) is 9.97 Å². The standard InChI is InChI=1S/C15H18N2S/c1-11(2)8-12-4-6-13(7-5-12)15-14(18-3)9-16-10-17-15/h4-7,9-11H,8H2,1-3H3. The average molecular weight is 258 g/mol. The maximum atomic E-state index is 4.38. The zero-order chi connectivity index (χ0) is 13.0. The summed E-state index contributed by atoms with van der Waals surface area (Å²) in [6.07, 6.45) is 6.65. The van der Waals surface area contributed by atoms with Crippen molar-refractivity contribution in [1.29, 1.82) is 0 Å². The summed E-state index contributed by atoms with van der Waals surface area (Å²) < 4.78 is 0. The highest BCUT2D eigenvalue weighted by Gasteiger charge is 2.06. The Morgan fingerprint density at radius 2 is 1.89 bits per heavy atom. The van der Waals surface area contributed by atoms with Gasteiger partial charge in [-0.25, -0.2) is 9.97 Å². The molecule has 3 heteroatoms. The Kier molecular flexibility index (Phi) is 4.37. The van der Waals surface area contributed by atoms with Gasteiger partial charge in [0.1, 0.15) is 6.33 Å². The van der Waals surface area contributed by atoms with E-state index in [9.17, 15) is 0 Å². The summed E-state index contributed by atoms with van der Waals surface area (Å²) in [6, 6.07) is 8.70. The highest BCUT2D eigenvalue weighted by atomic mass is 32.2. The molecule has 94 valence electrons. The minimum atomic E-state index is 0.691. The topological polar surface area (TPSA) is 25.8 Å². The van der Waals surface area contributed by atoms with Gasteiger partial charge in [-0.3, -0.25) is 0 Å². The third-order valence-corrected chi connectivity index (χ3v) is 3.51. The van der Waals surface area contributed by atoms with Crippen LogP contribution in [0.5, 0.6) is 0 Å². The molecule has 2 nitrogen and oxygen atoms in total. The van der Waals surface area contributed by atoms with Crippen LogP contribution < -0.4 is 0 Å². The highest BCUT2D eigenvalue weighted by molar-refractivity contribution is 7.98. The number of hydrogen-bond donors (Lipinski definition) is 0. The smallest absolute Gasteiger partial charge is 0.116 e. The third-order valence-electron chi connectivity index (χ3n) is 2.77. The summed E-state index contributed by atoms with van der Waals surface area (Å²) >= 11 is 1.68. The van der Waals surface area contributed by atoms with Gasteiger partial charge in [0, 0.05) is 11.8 Å². The van der Waals surface area contributed by atoms with E-state index in [0.29, 0.717) is 5.92 Å². The fraction of sp³-hybridized carbons (Fsp3) is 0.333. The number of hydrogen-bond acceptors (Lipinski definition) is 3. The van der Waals surface area contributed by atoms with Crippen molar-refractivity contribution in [3.05, 3.63) is 42.4 Å². The van der Waals surface area contributed by atoms with Crippen molar-refractivity contribution in [2.75, 3.05) is 6.26 Å². The fourth-order valence-corrected chi connectivity index (χ4v) is 2.48. The van der Waals surface area contributed by atoms with E-state index in [1.807, 2.05) is 6.20 Å². The van der Waals surface area contributed by atoms with Gasteiger partial charge >= 0.3 is 0 Å². The first-order valence-electron chi connectivity index (χ1n) is 6.14. The molecule has 0 saturated heterocycles. The first-order chi connectivity index (χ1) is 8.70. The SMILES string of the molecule is CSc1cncnc1-c1ccc(CC(C)C)cc1. The average Bonchev–Trinajstić information content (AvgIpc) is 2.39. The monoisotopic (exact) mass is 258 g/mol. The lowest BCUT2D eigenvalue weighted by Crippen LogP contribution is -1.94. The second kappa shape index (κ2) is 6.01. The molecule has 1 heterocycles. The normalized spacial score (nSPS) is 10.9. The van der Waals surface area contributed by atoms with Crippen molar-refractivity contribution in [2.24, 2.45) is 5.92 Å². The summed E-state index contributed by atoms with van der Waals surface area (Å²) in [6.45, 7) is 4.48. The van der Waals surface area contributed by atoms with Crippen LogP contribution in [0.4, 0.5) is 0 Å². The lowest BCUT2D eigenvalue weighted by molar-refractivity contribution is 0.647. The van der Waals surface area contributed by atoms with Crippen molar-refractivity contribution in [2.45, 2.75) is 25.2 Å². The Hall–Kier alpha value is -1.35. The highest BCUT2D eigenvalue weighted by Crippen LogP contribution is 2.27. The first kappa shape index (κ1) is 13.1. The van der Waals surface area contributed by atoms with E-state index in [1.165, 1.54) is 5.56 Å². The number of benzene rings is 1. The molecule has 0 amide bonds. The summed E-state index contributed by atoms with van der Waals surface area (Å²) in [5, 5.41) is 0. The van der Waals surface area contributed by atoms with E-state index in [-0.39, 0.29) is 0 Å². The Labute approximate surface area is 113 Å². The van der Waals surface area contributed by atoms with Crippen molar-refractivity contribution in [3.8, 4) is 11.3 Å². The molecule has 0 N–H and O–H groups in total. The molecule has 0 bridgehead atoms. The molecule has 0 aliphatic carbocycles. The molecule has 0 fully saturated rings. The molecule has 0 aliphatic rings. The van der Waals surface area contributed by atoms with Crippen LogP contribution in [0.2, 0.25) is 0 Å². The summed E-state index contributed by atoms with van der Waals surface area (Å²) in [4.78, 5) is 9.56. The van der Waals surface area contributed by atoms with E-state index in [0.717, 1.165) is 22.6 Å². The fourth-order valence-electron chi connectivity index (χ4n) is 1.95. The largest absolute Gasteiger partial charge is 0.244 e. The minimum Gasteiger partial charge on any atom is -0.244 e. The number of nitrogens with zero attached hydrogens (tertiary/aromatic N) is 2. The van der Waals surface area contributed by atoms with Crippen LogP contribution in [0.3, 0.4) is 0 Å². The van der Waals surface area contributed by atoms with E-state index in [1.54, 1.807) is 18.1 Å². The van der Waals surface area contributed by atoms with E-state index in [2.05, 4.69) is 54.3 Å². The number of rotatable bonds is 4. The zero-order valence-electron chi connectivity index (χ0n) is 11.1. The first-order valence-corrected chi connectivity index (χ1v) is 7.36. The van der Waals surface area contributed by atoms with Crippen molar-refractivity contribution in [3.63, 3.8) is 0 Å². The number of aromatic nitrogens is 2. The lowest BCUT2D eigenvalue weighted by Gasteiger charge is -2.08.